The zero-order chi connectivity index (χ0) is 7.56. The number of ketones is 1. The van der Waals surface area contributed by atoms with E-state index in [0.717, 1.165) is 12.3 Å². The zero-order valence-corrected chi connectivity index (χ0v) is 5.02. The van der Waals surface area contributed by atoms with E-state index in [1.165, 1.54) is 6.20 Å². The van der Waals surface area contributed by atoms with Crippen LogP contribution in [0.3, 0.4) is 0 Å². The second-order valence-electron chi connectivity index (χ2n) is 1.83. The van der Waals surface area contributed by atoms with Crippen molar-refractivity contribution in [1.82, 2.24) is 0 Å². The van der Waals surface area contributed by atoms with E-state index in [-0.39, 0.29) is 0 Å². The van der Waals surface area contributed by atoms with Gasteiger partial charge in [-0.3, -0.25) is 14.6 Å². The van der Waals surface area contributed by atoms with E-state index < -0.39 is 17.7 Å². The summed E-state index contributed by atoms with van der Waals surface area (Å²) in [4.78, 5) is 24.4. The predicted octanol–water partition coefficient (Wildman–Crippen LogP) is -0.146. The molecule has 0 saturated carbocycles. The van der Waals surface area contributed by atoms with Gasteiger partial charge in [-0.2, -0.15) is 0 Å². The first-order valence-corrected chi connectivity index (χ1v) is 2.68. The molecule has 0 aliphatic carbocycles. The van der Waals surface area contributed by atoms with Gasteiger partial charge in [-0.25, -0.2) is 0 Å². The van der Waals surface area contributed by atoms with Crippen molar-refractivity contribution < 1.29 is 14.7 Å². The largest absolute Gasteiger partial charge is 0.480 e. The minimum atomic E-state index is -1.15. The van der Waals surface area contributed by atoms with E-state index in [4.69, 9.17) is 5.11 Å². The van der Waals surface area contributed by atoms with E-state index in [9.17, 15) is 9.59 Å². The third-order valence-electron chi connectivity index (χ3n) is 1.13. The number of aliphatic carboxylic acids is 1. The molecule has 0 amide bonds. The number of aliphatic imine (C=N–C) groups is 1. The highest BCUT2D eigenvalue weighted by Crippen LogP contribution is 2.01. The molecule has 52 valence electrons. The van der Waals surface area contributed by atoms with Gasteiger partial charge in [0.25, 0.3) is 0 Å². The lowest BCUT2D eigenvalue weighted by molar-refractivity contribution is -0.142. The monoisotopic (exact) mass is 139 g/mol. The van der Waals surface area contributed by atoms with Gasteiger partial charge < -0.3 is 5.11 Å². The van der Waals surface area contributed by atoms with Crippen LogP contribution in [-0.4, -0.2) is 23.1 Å². The predicted molar refractivity (Wildman–Crippen MR) is 33.8 cm³/mol. The molecule has 0 aromatic carbocycles. The van der Waals surface area contributed by atoms with Gasteiger partial charge in [0.1, 0.15) is 0 Å². The Kier molecular flexibility index (Phi) is 1.62. The molecule has 0 aromatic heterocycles. The van der Waals surface area contributed by atoms with Crippen LogP contribution in [0.4, 0.5) is 0 Å². The van der Waals surface area contributed by atoms with Gasteiger partial charge in [-0.05, 0) is 0 Å². The molecule has 4 nitrogen and oxygen atoms in total. The van der Waals surface area contributed by atoms with Gasteiger partial charge in [-0.1, -0.05) is 0 Å². The number of carbonyl (C=O) groups is 2. The molecular weight excluding hydrogens is 134 g/mol. The smallest absolute Gasteiger partial charge is 0.319 e. The van der Waals surface area contributed by atoms with Crippen molar-refractivity contribution in [2.24, 2.45) is 10.9 Å². The number of rotatable bonds is 1. The zero-order valence-electron chi connectivity index (χ0n) is 5.02. The van der Waals surface area contributed by atoms with Crippen molar-refractivity contribution in [1.29, 1.82) is 0 Å². The number of carboxylic acids is 1. The van der Waals surface area contributed by atoms with Crippen LogP contribution < -0.4 is 0 Å². The molecule has 1 unspecified atom stereocenters. The van der Waals surface area contributed by atoms with E-state index in [0.29, 0.717) is 0 Å². The minimum absolute atomic E-state index is 0.428. The van der Waals surface area contributed by atoms with Crippen molar-refractivity contribution in [2.75, 3.05) is 0 Å². The van der Waals surface area contributed by atoms with Crippen molar-refractivity contribution in [2.45, 2.75) is 0 Å². The Morgan fingerprint density at radius 2 is 2.40 bits per heavy atom. The Labute approximate surface area is 56.9 Å². The molecule has 1 heterocycles. The molecule has 4 heteroatoms. The van der Waals surface area contributed by atoms with Crippen LogP contribution in [0.2, 0.25) is 0 Å². The maximum absolute atomic E-state index is 10.7. The van der Waals surface area contributed by atoms with E-state index in [1.807, 2.05) is 0 Å². The first kappa shape index (κ1) is 6.67. The van der Waals surface area contributed by atoms with Crippen molar-refractivity contribution >= 4 is 18.0 Å². The molecule has 1 aliphatic rings. The Balaban J connectivity index is 2.80. The standard InChI is InChI=1S/C6H5NO3/c8-5-1-2-7-3-4(5)6(9)10/h1-4H,(H,9,10). The van der Waals surface area contributed by atoms with Gasteiger partial charge in [0.15, 0.2) is 11.7 Å². The first-order chi connectivity index (χ1) is 4.72. The minimum Gasteiger partial charge on any atom is -0.480 e. The van der Waals surface area contributed by atoms with Crippen molar-refractivity contribution in [3.63, 3.8) is 0 Å². The molecule has 1 aliphatic heterocycles. The maximum Gasteiger partial charge on any atom is 0.319 e. The van der Waals surface area contributed by atoms with Crippen LogP contribution in [0, 0.1) is 5.92 Å². The van der Waals surface area contributed by atoms with Gasteiger partial charge in [0, 0.05) is 18.5 Å². The molecule has 1 atom stereocenters. The van der Waals surface area contributed by atoms with Crippen LogP contribution >= 0.6 is 0 Å². The molecule has 0 aromatic rings. The summed E-state index contributed by atoms with van der Waals surface area (Å²) in [5.41, 5.74) is 0. The number of nitrogens with zero attached hydrogens (tertiary/aromatic N) is 1. The summed E-state index contributed by atoms with van der Waals surface area (Å²) in [6.07, 6.45) is 3.55. The van der Waals surface area contributed by atoms with Gasteiger partial charge in [0.05, 0.1) is 0 Å². The molecule has 0 radical (unpaired) electrons. The average Bonchev–Trinajstić information content (AvgIpc) is 1.88. The number of carboxylic acid groups (broad SMARTS) is 1. The quantitative estimate of drug-likeness (QED) is 0.514. The Morgan fingerprint density at radius 3 is 2.80 bits per heavy atom. The van der Waals surface area contributed by atoms with Gasteiger partial charge >= 0.3 is 5.97 Å². The molecule has 1 N–H and O–H groups in total. The highest BCUT2D eigenvalue weighted by molar-refractivity contribution is 6.16. The van der Waals surface area contributed by atoms with Crippen LogP contribution in [0.1, 0.15) is 0 Å². The second-order valence-corrected chi connectivity index (χ2v) is 1.83. The summed E-state index contributed by atoms with van der Waals surface area (Å²) in [7, 11) is 0. The third kappa shape index (κ3) is 1.10. The van der Waals surface area contributed by atoms with Crippen molar-refractivity contribution in [3.8, 4) is 0 Å². The summed E-state index contributed by atoms with van der Waals surface area (Å²) >= 11 is 0. The van der Waals surface area contributed by atoms with E-state index in [1.54, 1.807) is 0 Å². The molecule has 0 spiro atoms. The normalized spacial score (nSPS) is 23.2. The molecule has 1 rings (SSSR count). The highest BCUT2D eigenvalue weighted by atomic mass is 16.4. The highest BCUT2D eigenvalue weighted by Gasteiger charge is 2.22. The fourth-order valence-corrected chi connectivity index (χ4v) is 0.615. The summed E-state index contributed by atoms with van der Waals surface area (Å²) in [5, 5.41) is 8.36. The van der Waals surface area contributed by atoms with Crippen LogP contribution in [0.15, 0.2) is 17.3 Å². The maximum atomic E-state index is 10.7. The number of allylic oxidation sites excluding steroid dienone is 1. The van der Waals surface area contributed by atoms with Gasteiger partial charge in [0.2, 0.25) is 0 Å². The Hall–Kier alpha value is -1.45. The third-order valence-corrected chi connectivity index (χ3v) is 1.13. The Morgan fingerprint density at radius 1 is 1.70 bits per heavy atom. The topological polar surface area (TPSA) is 66.7 Å². The summed E-state index contributed by atoms with van der Waals surface area (Å²) in [6.45, 7) is 0. The lowest BCUT2D eigenvalue weighted by Gasteiger charge is -2.03. The summed E-state index contributed by atoms with van der Waals surface area (Å²) in [5.74, 6) is -2.66. The SMILES string of the molecule is O=C(O)C1C=NC=CC1=O. The lowest BCUT2D eigenvalue weighted by Crippen LogP contribution is -2.24. The van der Waals surface area contributed by atoms with Crippen LogP contribution in [-0.2, 0) is 9.59 Å². The fraction of sp³-hybridized carbons (Fsp3) is 0.167. The molecule has 0 saturated heterocycles. The lowest BCUT2D eigenvalue weighted by atomic mass is 10.1. The second kappa shape index (κ2) is 2.43. The molecule has 0 bridgehead atoms. The first-order valence-electron chi connectivity index (χ1n) is 2.68. The average molecular weight is 139 g/mol. The van der Waals surface area contributed by atoms with E-state index in [2.05, 4.69) is 4.99 Å². The fourth-order valence-electron chi connectivity index (χ4n) is 0.615. The van der Waals surface area contributed by atoms with E-state index >= 15 is 0 Å². The number of carbonyl (C=O) groups excluding carboxylic acids is 1. The summed E-state index contributed by atoms with van der Waals surface area (Å²) in [6, 6.07) is 0. The molecular formula is C6H5NO3. The summed E-state index contributed by atoms with van der Waals surface area (Å²) < 4.78 is 0. The van der Waals surface area contributed by atoms with Crippen LogP contribution in [0.5, 0.6) is 0 Å². The van der Waals surface area contributed by atoms with Crippen LogP contribution in [0.25, 0.3) is 0 Å². The molecule has 10 heavy (non-hydrogen) atoms. The van der Waals surface area contributed by atoms with Crippen molar-refractivity contribution in [3.05, 3.63) is 12.3 Å². The Bertz CT molecular complexity index is 229. The number of hydrogen-bond donors (Lipinski definition) is 1. The van der Waals surface area contributed by atoms with Gasteiger partial charge in [-0.15, -0.1) is 0 Å². The number of hydrogen-bond acceptors (Lipinski definition) is 3. The molecule has 0 fully saturated rings.